The number of piperidine rings is 1. The highest BCUT2D eigenvalue weighted by Gasteiger charge is 2.40. The standard InChI is InChI=1S/C17H21F3N2O3/c1-4-14(23)22-7-5-6-12(9-22)11(3)21-16(24)13-8-10(2)25-15(13)17(18,19)20/h4,8,11-12H,1,5-7,9H2,2-3H3,(H,21,24). The number of carbonyl (C=O) groups is 2. The van der Waals surface area contributed by atoms with E-state index in [-0.39, 0.29) is 23.6 Å². The van der Waals surface area contributed by atoms with Crippen LogP contribution in [0, 0.1) is 12.8 Å². The molecule has 1 aliphatic rings. The first-order valence-corrected chi connectivity index (χ1v) is 8.03. The van der Waals surface area contributed by atoms with Crippen LogP contribution in [0.1, 0.15) is 41.6 Å². The normalized spacial score (nSPS) is 19.4. The average molecular weight is 358 g/mol. The number of hydrogen-bond donors (Lipinski definition) is 1. The molecule has 0 aliphatic carbocycles. The quantitative estimate of drug-likeness (QED) is 0.841. The number of carbonyl (C=O) groups excluding carboxylic acids is 2. The van der Waals surface area contributed by atoms with Crippen molar-refractivity contribution in [3.05, 3.63) is 35.8 Å². The molecule has 1 fully saturated rings. The van der Waals surface area contributed by atoms with E-state index in [4.69, 9.17) is 0 Å². The van der Waals surface area contributed by atoms with Gasteiger partial charge in [0.05, 0.1) is 5.56 Å². The molecule has 2 rings (SSSR count). The third-order valence-corrected chi connectivity index (χ3v) is 4.37. The highest BCUT2D eigenvalue weighted by molar-refractivity contribution is 5.95. The molecule has 1 aromatic heterocycles. The van der Waals surface area contributed by atoms with Crippen molar-refractivity contribution >= 4 is 11.8 Å². The number of furan rings is 1. The fourth-order valence-electron chi connectivity index (χ4n) is 3.04. The van der Waals surface area contributed by atoms with Crippen LogP contribution in [0.2, 0.25) is 0 Å². The number of halogens is 3. The topological polar surface area (TPSA) is 62.6 Å². The van der Waals surface area contributed by atoms with Crippen molar-refractivity contribution in [1.82, 2.24) is 10.2 Å². The predicted octanol–water partition coefficient (Wildman–Crippen LogP) is 3.15. The Balaban J connectivity index is 2.08. The second kappa shape index (κ2) is 7.33. The number of nitrogens with one attached hydrogen (secondary N) is 1. The molecule has 0 bridgehead atoms. The molecule has 25 heavy (non-hydrogen) atoms. The molecule has 5 nitrogen and oxygen atoms in total. The number of likely N-dealkylation sites (tertiary alicyclic amines) is 1. The lowest BCUT2D eigenvalue weighted by atomic mass is 9.91. The van der Waals surface area contributed by atoms with Crippen molar-refractivity contribution < 1.29 is 27.2 Å². The van der Waals surface area contributed by atoms with Gasteiger partial charge in [-0.1, -0.05) is 6.58 Å². The summed E-state index contributed by atoms with van der Waals surface area (Å²) in [6.45, 7) is 7.58. The highest BCUT2D eigenvalue weighted by atomic mass is 19.4. The summed E-state index contributed by atoms with van der Waals surface area (Å²) in [5, 5.41) is 2.61. The van der Waals surface area contributed by atoms with Crippen LogP contribution in [0.3, 0.4) is 0 Å². The largest absolute Gasteiger partial charge is 0.456 e. The molecule has 0 radical (unpaired) electrons. The van der Waals surface area contributed by atoms with Crippen LogP contribution in [-0.4, -0.2) is 35.8 Å². The number of amides is 2. The summed E-state index contributed by atoms with van der Waals surface area (Å²) in [4.78, 5) is 25.6. The lowest BCUT2D eigenvalue weighted by Gasteiger charge is -2.35. The zero-order chi connectivity index (χ0) is 18.8. The van der Waals surface area contributed by atoms with Gasteiger partial charge in [-0.3, -0.25) is 9.59 Å². The SMILES string of the molecule is C=CC(=O)N1CCCC(C(C)NC(=O)c2cc(C)oc2C(F)(F)F)C1. The van der Waals surface area contributed by atoms with E-state index in [1.54, 1.807) is 11.8 Å². The summed E-state index contributed by atoms with van der Waals surface area (Å²) in [7, 11) is 0. The van der Waals surface area contributed by atoms with Crippen LogP contribution in [0.15, 0.2) is 23.1 Å². The fraction of sp³-hybridized carbons (Fsp3) is 0.529. The minimum absolute atomic E-state index is 0.0190. The Morgan fingerprint density at radius 3 is 2.76 bits per heavy atom. The van der Waals surface area contributed by atoms with Crippen molar-refractivity contribution in [2.24, 2.45) is 5.92 Å². The Kier molecular flexibility index (Phi) is 5.59. The molecule has 1 N–H and O–H groups in total. The van der Waals surface area contributed by atoms with Crippen LogP contribution in [-0.2, 0) is 11.0 Å². The maximum Gasteiger partial charge on any atom is 0.450 e. The molecule has 8 heteroatoms. The summed E-state index contributed by atoms with van der Waals surface area (Å²) >= 11 is 0. The third kappa shape index (κ3) is 4.43. The van der Waals surface area contributed by atoms with Crippen molar-refractivity contribution in [2.75, 3.05) is 13.1 Å². The Labute approximate surface area is 143 Å². The van der Waals surface area contributed by atoms with Gasteiger partial charge in [-0.15, -0.1) is 0 Å². The van der Waals surface area contributed by atoms with Gasteiger partial charge in [0.25, 0.3) is 5.91 Å². The number of hydrogen-bond acceptors (Lipinski definition) is 3. The van der Waals surface area contributed by atoms with Gasteiger partial charge in [0.1, 0.15) is 5.76 Å². The molecule has 0 spiro atoms. The van der Waals surface area contributed by atoms with Crippen LogP contribution < -0.4 is 5.32 Å². The van der Waals surface area contributed by atoms with Crippen molar-refractivity contribution in [1.29, 1.82) is 0 Å². The van der Waals surface area contributed by atoms with Gasteiger partial charge in [0.15, 0.2) is 0 Å². The van der Waals surface area contributed by atoms with Crippen LogP contribution in [0.5, 0.6) is 0 Å². The minimum Gasteiger partial charge on any atom is -0.456 e. The molecule has 2 atom stereocenters. The van der Waals surface area contributed by atoms with Gasteiger partial charge in [-0.2, -0.15) is 13.2 Å². The number of nitrogens with zero attached hydrogens (tertiary/aromatic N) is 1. The molecule has 2 unspecified atom stereocenters. The van der Waals surface area contributed by atoms with Gasteiger partial charge in [-0.05, 0) is 44.7 Å². The second-order valence-corrected chi connectivity index (χ2v) is 6.25. The minimum atomic E-state index is -4.73. The van der Waals surface area contributed by atoms with E-state index in [0.717, 1.165) is 18.9 Å². The van der Waals surface area contributed by atoms with Gasteiger partial charge < -0.3 is 14.6 Å². The monoisotopic (exact) mass is 358 g/mol. The van der Waals surface area contributed by atoms with Crippen molar-refractivity contribution in [3.63, 3.8) is 0 Å². The van der Waals surface area contributed by atoms with Gasteiger partial charge >= 0.3 is 6.18 Å². The van der Waals surface area contributed by atoms with E-state index in [9.17, 15) is 22.8 Å². The van der Waals surface area contributed by atoms with E-state index >= 15 is 0 Å². The first-order chi connectivity index (χ1) is 11.6. The predicted molar refractivity (Wildman–Crippen MR) is 84.9 cm³/mol. The van der Waals surface area contributed by atoms with Crippen molar-refractivity contribution in [3.8, 4) is 0 Å². The second-order valence-electron chi connectivity index (χ2n) is 6.25. The fourth-order valence-corrected chi connectivity index (χ4v) is 3.04. The molecular formula is C17H21F3N2O3. The van der Waals surface area contributed by atoms with Gasteiger partial charge in [-0.25, -0.2) is 0 Å². The molecule has 1 aliphatic heterocycles. The van der Waals surface area contributed by atoms with E-state index in [1.165, 1.54) is 13.0 Å². The Morgan fingerprint density at radius 1 is 1.48 bits per heavy atom. The summed E-state index contributed by atoms with van der Waals surface area (Å²) in [6, 6.07) is 0.698. The lowest BCUT2D eigenvalue weighted by Crippen LogP contribution is -2.47. The van der Waals surface area contributed by atoms with E-state index in [2.05, 4.69) is 16.3 Å². The van der Waals surface area contributed by atoms with E-state index in [1.807, 2.05) is 0 Å². The summed E-state index contributed by atoms with van der Waals surface area (Å²) in [5.41, 5.74) is -0.522. The maximum atomic E-state index is 13.0. The van der Waals surface area contributed by atoms with Crippen molar-refractivity contribution in [2.45, 2.75) is 38.9 Å². The third-order valence-electron chi connectivity index (χ3n) is 4.37. The maximum absolute atomic E-state index is 13.0. The number of aryl methyl sites for hydroxylation is 1. The lowest BCUT2D eigenvalue weighted by molar-refractivity contribution is -0.153. The van der Waals surface area contributed by atoms with Crippen LogP contribution in [0.25, 0.3) is 0 Å². The van der Waals surface area contributed by atoms with Gasteiger partial charge in [0, 0.05) is 19.1 Å². The van der Waals surface area contributed by atoms with E-state index in [0.29, 0.717) is 13.1 Å². The summed E-state index contributed by atoms with van der Waals surface area (Å²) in [6.07, 6.45) is -1.96. The number of alkyl halides is 3. The highest BCUT2D eigenvalue weighted by Crippen LogP contribution is 2.34. The molecule has 2 amide bonds. The van der Waals surface area contributed by atoms with Gasteiger partial charge in [0.2, 0.25) is 11.7 Å². The molecule has 0 aromatic carbocycles. The molecule has 1 saturated heterocycles. The first-order valence-electron chi connectivity index (χ1n) is 8.03. The zero-order valence-electron chi connectivity index (χ0n) is 14.2. The molecule has 2 heterocycles. The Hall–Kier alpha value is -2.25. The Morgan fingerprint density at radius 2 is 2.16 bits per heavy atom. The van der Waals surface area contributed by atoms with E-state index < -0.39 is 23.4 Å². The smallest absolute Gasteiger partial charge is 0.450 e. The summed E-state index contributed by atoms with van der Waals surface area (Å²) in [5.74, 6) is -2.33. The first kappa shape index (κ1) is 19.1. The molecule has 1 aromatic rings. The molecule has 138 valence electrons. The molecular weight excluding hydrogens is 337 g/mol. The molecule has 0 saturated carbocycles. The Bertz CT molecular complexity index is 667. The number of rotatable bonds is 4. The summed E-state index contributed by atoms with van der Waals surface area (Å²) < 4.78 is 43.5. The average Bonchev–Trinajstić information content (AvgIpc) is 2.96. The van der Waals surface area contributed by atoms with Crippen LogP contribution in [0.4, 0.5) is 13.2 Å². The van der Waals surface area contributed by atoms with Crippen LogP contribution >= 0.6 is 0 Å². The zero-order valence-corrected chi connectivity index (χ0v) is 14.2.